The predicted molar refractivity (Wildman–Crippen MR) is 97.1 cm³/mol. The van der Waals surface area contributed by atoms with Crippen molar-refractivity contribution in [2.24, 2.45) is 10.7 Å². The van der Waals surface area contributed by atoms with Crippen LogP contribution in [0.5, 0.6) is 0 Å². The molecule has 0 unspecified atom stereocenters. The van der Waals surface area contributed by atoms with E-state index < -0.39 is 6.09 Å². The van der Waals surface area contributed by atoms with E-state index in [1.807, 2.05) is 19.1 Å². The molecule has 8 heteroatoms. The number of alkyl carbamates (subject to hydrolysis) is 1. The second-order valence-electron chi connectivity index (χ2n) is 6.18. The molecule has 1 aliphatic heterocycles. The molecule has 0 atom stereocenters. The average Bonchev–Trinajstić information content (AvgIpc) is 3.15. The Bertz CT molecular complexity index is 843. The van der Waals surface area contributed by atoms with Gasteiger partial charge in [0.15, 0.2) is 0 Å². The van der Waals surface area contributed by atoms with E-state index in [0.29, 0.717) is 25.1 Å². The highest BCUT2D eigenvalue weighted by atomic mass is 16.5. The zero-order valence-corrected chi connectivity index (χ0v) is 14.7. The van der Waals surface area contributed by atoms with E-state index in [1.165, 1.54) is 0 Å². The number of carbonyl (C=O) groups is 2. The smallest absolute Gasteiger partial charge is 0.413 e. The van der Waals surface area contributed by atoms with Crippen LogP contribution in [0.1, 0.15) is 25.0 Å². The fraction of sp³-hybridized carbons (Fsp3) is 0.389. The lowest BCUT2D eigenvalue weighted by molar-refractivity contribution is -0.127. The lowest BCUT2D eigenvalue weighted by Gasteiger charge is -2.15. The third-order valence-electron chi connectivity index (χ3n) is 4.08. The fourth-order valence-corrected chi connectivity index (χ4v) is 2.90. The molecule has 1 saturated heterocycles. The number of carbonyl (C=O) groups excluding carboxylic acids is 2. The van der Waals surface area contributed by atoms with Gasteiger partial charge in [-0.3, -0.25) is 10.1 Å². The van der Waals surface area contributed by atoms with E-state index in [1.54, 1.807) is 17.0 Å². The number of benzene rings is 1. The van der Waals surface area contributed by atoms with Crippen LogP contribution in [0.15, 0.2) is 33.7 Å². The molecule has 0 bridgehead atoms. The maximum Gasteiger partial charge on any atom is 0.413 e. The molecule has 26 heavy (non-hydrogen) atoms. The summed E-state index contributed by atoms with van der Waals surface area (Å²) in [7, 11) is 0. The summed E-state index contributed by atoms with van der Waals surface area (Å²) in [5.41, 5.74) is 7.11. The number of furan rings is 1. The molecular formula is C18H22N4O4. The van der Waals surface area contributed by atoms with Crippen LogP contribution in [-0.4, -0.2) is 42.6 Å². The maximum atomic E-state index is 11.7. The first-order chi connectivity index (χ1) is 12.5. The molecule has 8 nitrogen and oxygen atoms in total. The minimum Gasteiger partial charge on any atom is -0.461 e. The van der Waals surface area contributed by atoms with Gasteiger partial charge in [0, 0.05) is 24.9 Å². The zero-order valence-electron chi connectivity index (χ0n) is 14.7. The van der Waals surface area contributed by atoms with Crippen molar-refractivity contribution in [2.75, 3.05) is 19.7 Å². The Labute approximate surface area is 151 Å². The van der Waals surface area contributed by atoms with Gasteiger partial charge in [0.2, 0.25) is 11.9 Å². The predicted octanol–water partition coefficient (Wildman–Crippen LogP) is 2.43. The van der Waals surface area contributed by atoms with Gasteiger partial charge in [-0.2, -0.15) is 0 Å². The van der Waals surface area contributed by atoms with Crippen molar-refractivity contribution in [3.05, 3.63) is 30.0 Å². The molecule has 3 N–H and O–H groups in total. The van der Waals surface area contributed by atoms with E-state index in [4.69, 9.17) is 14.9 Å². The van der Waals surface area contributed by atoms with Crippen LogP contribution < -0.4 is 11.1 Å². The van der Waals surface area contributed by atoms with Crippen molar-refractivity contribution < 1.29 is 18.7 Å². The molecule has 1 aliphatic rings. The summed E-state index contributed by atoms with van der Waals surface area (Å²) in [4.78, 5) is 29.1. The SMILES string of the molecule is Cc1cc2cc(N=C(N)NC(=O)OCCCN3CCCC3=O)ccc2o1. The van der Waals surface area contributed by atoms with Crippen LogP contribution in [0.4, 0.5) is 10.5 Å². The highest BCUT2D eigenvalue weighted by molar-refractivity contribution is 5.94. The molecule has 3 rings (SSSR count). The van der Waals surface area contributed by atoms with E-state index in [9.17, 15) is 9.59 Å². The number of guanidine groups is 1. The highest BCUT2D eigenvalue weighted by Crippen LogP contribution is 2.24. The van der Waals surface area contributed by atoms with Crippen molar-refractivity contribution in [3.8, 4) is 0 Å². The van der Waals surface area contributed by atoms with Gasteiger partial charge < -0.3 is 19.8 Å². The molecule has 0 radical (unpaired) electrons. The summed E-state index contributed by atoms with van der Waals surface area (Å²) in [5.74, 6) is 0.923. The van der Waals surface area contributed by atoms with Gasteiger partial charge in [0.1, 0.15) is 11.3 Å². The molecule has 138 valence electrons. The van der Waals surface area contributed by atoms with Gasteiger partial charge in [-0.25, -0.2) is 9.79 Å². The van der Waals surface area contributed by atoms with Crippen molar-refractivity contribution in [3.63, 3.8) is 0 Å². The van der Waals surface area contributed by atoms with Crippen LogP contribution in [0.2, 0.25) is 0 Å². The van der Waals surface area contributed by atoms with Gasteiger partial charge >= 0.3 is 6.09 Å². The van der Waals surface area contributed by atoms with Gasteiger partial charge in [-0.15, -0.1) is 0 Å². The number of aliphatic imine (C=N–C) groups is 1. The number of hydrogen-bond donors (Lipinski definition) is 2. The van der Waals surface area contributed by atoms with Crippen LogP contribution >= 0.6 is 0 Å². The summed E-state index contributed by atoms with van der Waals surface area (Å²) in [6.45, 7) is 3.46. The number of likely N-dealkylation sites (tertiary alicyclic amines) is 1. The normalized spacial score (nSPS) is 14.9. The van der Waals surface area contributed by atoms with Crippen LogP contribution in [0.25, 0.3) is 11.0 Å². The van der Waals surface area contributed by atoms with E-state index >= 15 is 0 Å². The molecular weight excluding hydrogens is 336 g/mol. The number of hydrogen-bond acceptors (Lipinski definition) is 5. The summed E-state index contributed by atoms with van der Waals surface area (Å²) < 4.78 is 10.6. The van der Waals surface area contributed by atoms with Crippen LogP contribution in [0, 0.1) is 6.92 Å². The number of ether oxygens (including phenoxy) is 1. The van der Waals surface area contributed by atoms with Crippen LogP contribution in [0.3, 0.4) is 0 Å². The Morgan fingerprint density at radius 2 is 2.27 bits per heavy atom. The number of nitrogens with two attached hydrogens (primary N) is 1. The number of rotatable bonds is 5. The Hall–Kier alpha value is -3.03. The van der Waals surface area contributed by atoms with E-state index in [-0.39, 0.29) is 18.5 Å². The lowest BCUT2D eigenvalue weighted by atomic mass is 10.2. The van der Waals surface area contributed by atoms with Gasteiger partial charge in [0.25, 0.3) is 0 Å². The molecule has 2 heterocycles. The van der Waals surface area contributed by atoms with Crippen LogP contribution in [-0.2, 0) is 9.53 Å². The topological polar surface area (TPSA) is 110 Å². The zero-order chi connectivity index (χ0) is 18.5. The van der Waals surface area contributed by atoms with Gasteiger partial charge in [0.05, 0.1) is 12.3 Å². The van der Waals surface area contributed by atoms with Crippen molar-refractivity contribution in [1.29, 1.82) is 0 Å². The maximum absolute atomic E-state index is 11.7. The third-order valence-corrected chi connectivity index (χ3v) is 4.08. The number of aryl methyl sites for hydroxylation is 1. The molecule has 2 amide bonds. The van der Waals surface area contributed by atoms with Gasteiger partial charge in [-0.05, 0) is 44.0 Å². The number of nitrogens with zero attached hydrogens (tertiary/aromatic N) is 2. The minimum atomic E-state index is -0.667. The molecule has 0 spiro atoms. The Morgan fingerprint density at radius 3 is 3.04 bits per heavy atom. The monoisotopic (exact) mass is 358 g/mol. The molecule has 1 fully saturated rings. The molecule has 0 saturated carbocycles. The first-order valence-electron chi connectivity index (χ1n) is 8.57. The quantitative estimate of drug-likeness (QED) is 0.484. The highest BCUT2D eigenvalue weighted by Gasteiger charge is 2.19. The molecule has 0 aliphatic carbocycles. The second-order valence-corrected chi connectivity index (χ2v) is 6.18. The average molecular weight is 358 g/mol. The lowest BCUT2D eigenvalue weighted by Crippen LogP contribution is -2.37. The Morgan fingerprint density at radius 1 is 1.42 bits per heavy atom. The summed E-state index contributed by atoms with van der Waals surface area (Å²) in [5, 5.41) is 3.29. The van der Waals surface area contributed by atoms with E-state index in [0.717, 1.165) is 29.7 Å². The summed E-state index contributed by atoms with van der Waals surface area (Å²) >= 11 is 0. The van der Waals surface area contributed by atoms with E-state index in [2.05, 4.69) is 10.3 Å². The standard InChI is InChI=1S/C18H22N4O4/c1-12-10-13-11-14(5-6-15(13)26-12)20-17(19)21-18(24)25-9-3-8-22-7-2-4-16(22)23/h5-6,10-11H,2-4,7-9H2,1H3,(H3,19,20,21,24). The second kappa shape index (κ2) is 7.90. The number of nitrogens with one attached hydrogen (secondary N) is 1. The molecule has 1 aromatic carbocycles. The van der Waals surface area contributed by atoms with Crippen molar-refractivity contribution in [1.82, 2.24) is 10.2 Å². The third kappa shape index (κ3) is 4.53. The number of amides is 2. The minimum absolute atomic E-state index is 0.0516. The van der Waals surface area contributed by atoms with Crippen molar-refractivity contribution in [2.45, 2.75) is 26.2 Å². The molecule has 2 aromatic rings. The van der Waals surface area contributed by atoms with Gasteiger partial charge in [-0.1, -0.05) is 0 Å². The number of fused-ring (bicyclic) bond motifs is 1. The fourth-order valence-electron chi connectivity index (χ4n) is 2.90. The summed E-state index contributed by atoms with van der Waals surface area (Å²) in [6.07, 6.45) is 1.43. The first kappa shape index (κ1) is 17.8. The molecule has 1 aromatic heterocycles. The Balaban J connectivity index is 1.45. The summed E-state index contributed by atoms with van der Waals surface area (Å²) in [6, 6.07) is 7.26. The Kier molecular flexibility index (Phi) is 5.40. The van der Waals surface area contributed by atoms with Crippen molar-refractivity contribution >= 4 is 34.6 Å². The first-order valence-corrected chi connectivity index (χ1v) is 8.57. The largest absolute Gasteiger partial charge is 0.461 e.